The molecule has 1 fully saturated rings. The van der Waals surface area contributed by atoms with E-state index in [1.807, 2.05) is 7.05 Å². The number of aliphatic hydroxyl groups is 2. The predicted molar refractivity (Wildman–Crippen MR) is 56.0 cm³/mol. The molecule has 1 saturated carbocycles. The first-order chi connectivity index (χ1) is 6.11. The minimum atomic E-state index is -0.282. The maximum Gasteiger partial charge on any atom is 0.0763 e. The number of alkyl halides is 1. The Morgan fingerprint density at radius 1 is 1.54 bits per heavy atom. The van der Waals surface area contributed by atoms with Gasteiger partial charge >= 0.3 is 0 Å². The van der Waals surface area contributed by atoms with E-state index in [-0.39, 0.29) is 12.2 Å². The van der Waals surface area contributed by atoms with Gasteiger partial charge in [-0.2, -0.15) is 0 Å². The molecule has 1 aliphatic carbocycles. The highest BCUT2D eigenvalue weighted by Gasteiger charge is 2.28. The molecule has 0 spiro atoms. The molecule has 1 unspecified atom stereocenters. The summed E-state index contributed by atoms with van der Waals surface area (Å²) in [6, 6.07) is 0. The lowest BCUT2D eigenvalue weighted by molar-refractivity contribution is 0.0228. The highest BCUT2D eigenvalue weighted by atomic mass is 79.9. The molecule has 0 aromatic rings. The topological polar surface area (TPSA) is 43.7 Å². The van der Waals surface area contributed by atoms with Crippen molar-refractivity contribution in [1.82, 2.24) is 4.90 Å². The third-order valence-corrected chi connectivity index (χ3v) is 3.23. The second kappa shape index (κ2) is 5.29. The summed E-state index contributed by atoms with van der Waals surface area (Å²) in [5.74, 6) is 0.627. The lowest BCUT2D eigenvalue weighted by Gasteiger charge is -2.34. The molecule has 1 aliphatic rings. The van der Waals surface area contributed by atoms with Crippen LogP contribution in [0.4, 0.5) is 0 Å². The van der Waals surface area contributed by atoms with Crippen LogP contribution in [0, 0.1) is 5.92 Å². The Kier molecular flexibility index (Phi) is 4.66. The van der Waals surface area contributed by atoms with Crippen molar-refractivity contribution in [2.45, 2.75) is 25.0 Å². The molecule has 0 aromatic carbocycles. The minimum absolute atomic E-state index is 0.0699. The molecule has 13 heavy (non-hydrogen) atoms. The molecule has 0 amide bonds. The van der Waals surface area contributed by atoms with E-state index in [1.165, 1.54) is 0 Å². The monoisotopic (exact) mass is 251 g/mol. The van der Waals surface area contributed by atoms with Crippen LogP contribution in [0.1, 0.15) is 12.8 Å². The van der Waals surface area contributed by atoms with Crippen molar-refractivity contribution >= 4 is 15.9 Å². The number of hydrogen-bond donors (Lipinski definition) is 2. The number of halogens is 1. The highest BCUT2D eigenvalue weighted by molar-refractivity contribution is 9.09. The van der Waals surface area contributed by atoms with Crippen LogP contribution in [0.15, 0.2) is 0 Å². The molecule has 2 N–H and O–H groups in total. The lowest BCUT2D eigenvalue weighted by Crippen LogP contribution is -2.40. The van der Waals surface area contributed by atoms with Crippen molar-refractivity contribution in [3.05, 3.63) is 0 Å². The molecule has 1 atom stereocenters. The van der Waals surface area contributed by atoms with E-state index < -0.39 is 0 Å². The van der Waals surface area contributed by atoms with Gasteiger partial charge in [0.2, 0.25) is 0 Å². The lowest BCUT2D eigenvalue weighted by atomic mass is 9.82. The Labute approximate surface area is 87.9 Å². The van der Waals surface area contributed by atoms with Gasteiger partial charge in [-0.05, 0) is 25.8 Å². The number of hydrogen-bond acceptors (Lipinski definition) is 3. The quantitative estimate of drug-likeness (QED) is 0.698. The molecule has 0 heterocycles. The Bertz CT molecular complexity index is 151. The van der Waals surface area contributed by atoms with Crippen LogP contribution < -0.4 is 0 Å². The summed E-state index contributed by atoms with van der Waals surface area (Å²) in [5, 5.41) is 19.1. The first kappa shape index (κ1) is 11.4. The Balaban J connectivity index is 2.07. The van der Waals surface area contributed by atoms with Gasteiger partial charge in [0.05, 0.1) is 12.2 Å². The van der Waals surface area contributed by atoms with E-state index in [0.717, 1.165) is 19.4 Å². The fourth-order valence-electron chi connectivity index (χ4n) is 1.77. The van der Waals surface area contributed by atoms with Crippen LogP contribution in [0.25, 0.3) is 0 Å². The van der Waals surface area contributed by atoms with E-state index in [0.29, 0.717) is 17.8 Å². The van der Waals surface area contributed by atoms with Crippen molar-refractivity contribution < 1.29 is 10.2 Å². The molecule has 78 valence electrons. The van der Waals surface area contributed by atoms with Gasteiger partial charge < -0.3 is 15.1 Å². The zero-order valence-electron chi connectivity index (χ0n) is 7.99. The summed E-state index contributed by atoms with van der Waals surface area (Å²) in [4.78, 5) is 2.13. The largest absolute Gasteiger partial charge is 0.393 e. The van der Waals surface area contributed by atoms with Gasteiger partial charge in [0.15, 0.2) is 0 Å². The second-order valence-electron chi connectivity index (χ2n) is 4.02. The van der Waals surface area contributed by atoms with Crippen LogP contribution in [-0.4, -0.2) is 52.8 Å². The normalized spacial score (nSPS) is 30.2. The average Bonchev–Trinajstić information content (AvgIpc) is 2.01. The maximum absolute atomic E-state index is 9.35. The summed E-state index contributed by atoms with van der Waals surface area (Å²) in [6.07, 6.45) is 1.50. The molecule has 0 bridgehead atoms. The zero-order valence-corrected chi connectivity index (χ0v) is 9.57. The Morgan fingerprint density at radius 2 is 2.15 bits per heavy atom. The first-order valence-corrected chi connectivity index (χ1v) is 5.84. The average molecular weight is 252 g/mol. The summed E-state index contributed by atoms with van der Waals surface area (Å²) in [6.45, 7) is 1.69. The van der Waals surface area contributed by atoms with Gasteiger partial charge in [-0.3, -0.25) is 0 Å². The number of aliphatic hydroxyl groups excluding tert-OH is 2. The fourth-order valence-corrected chi connectivity index (χ4v) is 1.98. The van der Waals surface area contributed by atoms with Crippen LogP contribution in [0.5, 0.6) is 0 Å². The van der Waals surface area contributed by atoms with Gasteiger partial charge in [-0.15, -0.1) is 0 Å². The minimum Gasteiger partial charge on any atom is -0.393 e. The van der Waals surface area contributed by atoms with Crippen molar-refractivity contribution in [1.29, 1.82) is 0 Å². The molecular formula is C9H18BrNO2. The van der Waals surface area contributed by atoms with Gasteiger partial charge in [0.25, 0.3) is 0 Å². The van der Waals surface area contributed by atoms with Crippen LogP contribution in [0.3, 0.4) is 0 Å². The van der Waals surface area contributed by atoms with Crippen LogP contribution >= 0.6 is 15.9 Å². The molecule has 0 radical (unpaired) electrons. The Morgan fingerprint density at radius 3 is 2.62 bits per heavy atom. The van der Waals surface area contributed by atoms with Crippen LogP contribution in [0.2, 0.25) is 0 Å². The van der Waals surface area contributed by atoms with Crippen molar-refractivity contribution in [2.75, 3.05) is 25.5 Å². The SMILES string of the molecule is CN(CC(O)CBr)CC1CC(O)C1. The summed E-state index contributed by atoms with van der Waals surface area (Å²) < 4.78 is 0. The van der Waals surface area contributed by atoms with Gasteiger partial charge in [-0.1, -0.05) is 15.9 Å². The molecule has 0 aliphatic heterocycles. The smallest absolute Gasteiger partial charge is 0.0763 e. The number of rotatable bonds is 5. The molecule has 4 heteroatoms. The number of nitrogens with zero attached hydrogens (tertiary/aromatic N) is 1. The van der Waals surface area contributed by atoms with Gasteiger partial charge in [-0.25, -0.2) is 0 Å². The third-order valence-electron chi connectivity index (χ3n) is 2.48. The van der Waals surface area contributed by atoms with E-state index >= 15 is 0 Å². The molecule has 0 aromatic heterocycles. The van der Waals surface area contributed by atoms with Crippen molar-refractivity contribution in [3.63, 3.8) is 0 Å². The fraction of sp³-hybridized carbons (Fsp3) is 1.00. The second-order valence-corrected chi connectivity index (χ2v) is 4.67. The van der Waals surface area contributed by atoms with E-state index in [4.69, 9.17) is 5.11 Å². The van der Waals surface area contributed by atoms with Crippen LogP contribution in [-0.2, 0) is 0 Å². The highest BCUT2D eigenvalue weighted by Crippen LogP contribution is 2.27. The molecule has 1 rings (SSSR count). The molecule has 0 saturated heterocycles. The van der Waals surface area contributed by atoms with E-state index in [1.54, 1.807) is 0 Å². The Hall–Kier alpha value is 0.360. The summed E-state index contributed by atoms with van der Waals surface area (Å²) >= 11 is 3.23. The zero-order chi connectivity index (χ0) is 9.84. The molecular weight excluding hydrogens is 234 g/mol. The van der Waals surface area contributed by atoms with Crippen molar-refractivity contribution in [3.8, 4) is 0 Å². The summed E-state index contributed by atoms with van der Waals surface area (Å²) in [7, 11) is 2.01. The first-order valence-electron chi connectivity index (χ1n) is 4.72. The molecule has 3 nitrogen and oxygen atoms in total. The van der Waals surface area contributed by atoms with Gasteiger partial charge in [0, 0.05) is 18.4 Å². The summed E-state index contributed by atoms with van der Waals surface area (Å²) in [5.41, 5.74) is 0. The maximum atomic E-state index is 9.35. The van der Waals surface area contributed by atoms with Gasteiger partial charge in [0.1, 0.15) is 0 Å². The third kappa shape index (κ3) is 3.94. The van der Waals surface area contributed by atoms with Crippen molar-refractivity contribution in [2.24, 2.45) is 5.92 Å². The van der Waals surface area contributed by atoms with E-state index in [9.17, 15) is 5.11 Å². The standard InChI is InChI=1S/C9H18BrNO2/c1-11(6-9(13)4-10)5-7-2-8(12)3-7/h7-9,12-13H,2-6H2,1H3. The van der Waals surface area contributed by atoms with E-state index in [2.05, 4.69) is 20.8 Å². The number of likely N-dealkylation sites (N-methyl/N-ethyl adjacent to an activating group) is 1. The predicted octanol–water partition coefficient (Wildman–Crippen LogP) is 0.445.